The molecule has 30 nitrogen and oxygen atoms in total. The first-order chi connectivity index (χ1) is 61.3. The van der Waals surface area contributed by atoms with Crippen LogP contribution in [-0.4, -0.2) is 164 Å². The zero-order valence-electron chi connectivity index (χ0n) is 72.4. The summed E-state index contributed by atoms with van der Waals surface area (Å²) in [6, 6.07) is 37.4. The molecule has 4 atom stereocenters. The summed E-state index contributed by atoms with van der Waals surface area (Å²) in [5.41, 5.74) is 10.4. The largest absolute Gasteiger partial charge is 0.491 e. The van der Waals surface area contributed by atoms with E-state index in [0.717, 1.165) is 110 Å². The van der Waals surface area contributed by atoms with E-state index in [1.165, 1.54) is 91.5 Å². The lowest BCUT2D eigenvalue weighted by Gasteiger charge is -2.33. The van der Waals surface area contributed by atoms with Crippen molar-refractivity contribution in [3.63, 3.8) is 0 Å². The summed E-state index contributed by atoms with van der Waals surface area (Å²) in [5, 5.41) is 14.0. The van der Waals surface area contributed by atoms with E-state index in [0.29, 0.717) is 50.5 Å². The molecule has 40 heteroatoms. The van der Waals surface area contributed by atoms with E-state index in [1.807, 2.05) is 58.0 Å². The summed E-state index contributed by atoms with van der Waals surface area (Å²) in [4.78, 5) is 95.7. The average molecular weight is 1880 g/mol. The molecule has 0 radical (unpaired) electrons. The monoisotopic (exact) mass is 1870 g/mol. The zero-order valence-corrected chi connectivity index (χ0v) is 75.7. The molecule has 11 rings (SSSR count). The molecule has 0 spiro atoms. The summed E-state index contributed by atoms with van der Waals surface area (Å²) in [6.07, 6.45) is -6.45. The molecule has 0 saturated carbocycles. The van der Waals surface area contributed by atoms with Gasteiger partial charge in [-0.15, -0.1) is 34.2 Å². The predicted octanol–water partition coefficient (Wildman–Crippen LogP) is 17.4. The van der Waals surface area contributed by atoms with Crippen LogP contribution in [0.1, 0.15) is 108 Å². The van der Waals surface area contributed by atoms with Crippen LogP contribution in [0.3, 0.4) is 0 Å². The molecular weight excluding hydrogens is 1780 g/mol. The van der Waals surface area contributed by atoms with Crippen LogP contribution in [0.15, 0.2) is 203 Å². The van der Waals surface area contributed by atoms with Gasteiger partial charge in [0.25, 0.3) is 26.1 Å². The van der Waals surface area contributed by atoms with Gasteiger partial charge in [0.1, 0.15) is 104 Å². The van der Waals surface area contributed by atoms with Crippen molar-refractivity contribution in [1.82, 2.24) is 34.8 Å². The van der Waals surface area contributed by atoms with Crippen LogP contribution >= 0.6 is 22.7 Å². The molecule has 688 valence electrons. The van der Waals surface area contributed by atoms with Gasteiger partial charge in [-0.1, -0.05) is 100 Å². The van der Waals surface area contributed by atoms with Gasteiger partial charge in [-0.3, -0.25) is 18.0 Å². The standard InChI is InChI=1S/C45H46F3N5O10S2.C34H37F3N4O9S.C11H9NOS/c1-28-7-18-36(19-8-28)65(57,58)62-22-21-60-34-15-11-31(12-16-34)23-38(52-26-33(50-51-52)27-61-35-17-20-37-40(25-35)64-29(2)49-37)41(54)53(43(56)63-44(3,4)5)39(42(55)59-6)24-30-9-13-32(14-10-30)45(46,47)48;1-22-6-16-27(17-7-22)51(45,46)49-19-18-48-26-14-10-23(11-15-26)20-28(39-40-38)30(42)41(32(44)50-33(2,3)4)29(31(43)47-5)21-24-8-12-25(13-9-24)34(35,36)37;1-3-6-13-9-4-5-10-11(7-9)14-8(2)12-10/h7-20,25-26,38-39H,21-24,27H2,1-6H3;6-17,28-29H,18-21H2,1-5H3;1,4-5,7H,6H2,2H3/t38-,39+;28-,29?;/m00./s1. The number of hydrogen-bond acceptors (Lipinski definition) is 27. The van der Waals surface area contributed by atoms with Crippen molar-refractivity contribution in [2.24, 2.45) is 5.11 Å². The third-order valence-corrected chi connectivity index (χ3v) is 23.0. The summed E-state index contributed by atoms with van der Waals surface area (Å²) in [7, 11) is -5.95. The number of hydrogen-bond donors (Lipinski definition) is 0. The topological polar surface area (TPSA) is 375 Å². The molecule has 0 aliphatic carbocycles. The highest BCUT2D eigenvalue weighted by Crippen LogP contribution is 2.35. The van der Waals surface area contributed by atoms with E-state index < -0.39 is 128 Å². The highest BCUT2D eigenvalue weighted by Gasteiger charge is 2.45. The number of nitrogens with zero attached hydrogens (tertiary/aromatic N) is 10. The predicted molar refractivity (Wildman–Crippen MR) is 467 cm³/mol. The minimum absolute atomic E-state index is 0.00399. The van der Waals surface area contributed by atoms with Gasteiger partial charge in [0.05, 0.1) is 71.8 Å². The van der Waals surface area contributed by atoms with Gasteiger partial charge < -0.3 is 37.9 Å². The lowest BCUT2D eigenvalue weighted by Crippen LogP contribution is -2.54. The van der Waals surface area contributed by atoms with E-state index in [1.54, 1.807) is 86.7 Å². The van der Waals surface area contributed by atoms with Gasteiger partial charge in [-0.05, 0) is 213 Å². The van der Waals surface area contributed by atoms with Gasteiger partial charge in [0, 0.05) is 24.2 Å². The SMILES string of the molecule is C#CCOc1ccc2nc(C)sc2c1.COC(=O)C(Cc1ccc(C(F)(F)F)cc1)N(C(=O)OC(C)(C)C)C(=O)[C@H](Cc1ccc(OCCOS(=O)(=O)c2ccc(C)cc2)cc1)N=[N+]=[N-].COC(=O)[C@@H](Cc1ccc(C(F)(F)F)cc1)N(C(=O)OC(C)(C)C)C(=O)[C@H](Cc1ccc(OCCOS(=O)(=O)c2ccc(C)cc2)cc1)n1cc(COc2ccc3nc(C)sc3c2)nn1. The number of benzene rings is 8. The summed E-state index contributed by atoms with van der Waals surface area (Å²) < 4.78 is 187. The Hall–Kier alpha value is -13.0. The molecule has 0 aliphatic rings. The maximum atomic E-state index is 15.0. The highest BCUT2D eigenvalue weighted by molar-refractivity contribution is 7.87. The number of esters is 2. The number of ether oxygens (including phenoxy) is 8. The van der Waals surface area contributed by atoms with Gasteiger partial charge in [-0.25, -0.2) is 43.6 Å². The molecule has 4 amide bonds. The quantitative estimate of drug-likeness (QED) is 0.00424. The lowest BCUT2D eigenvalue weighted by molar-refractivity contribution is -0.153. The molecular formula is C90H92F6N10O20S4. The molecule has 0 bridgehead atoms. The molecule has 0 fully saturated rings. The van der Waals surface area contributed by atoms with E-state index >= 15 is 4.79 Å². The molecule has 8 aromatic carbocycles. The Labute approximate surface area is 753 Å². The minimum Gasteiger partial charge on any atom is -0.491 e. The third-order valence-electron chi connectivity index (χ3n) is 18.4. The molecule has 3 aromatic heterocycles. The third kappa shape index (κ3) is 29.8. The zero-order chi connectivity index (χ0) is 95.1. The van der Waals surface area contributed by atoms with Gasteiger partial charge in [0.15, 0.2) is 0 Å². The second-order valence-electron chi connectivity index (χ2n) is 30.8. The Morgan fingerprint density at radius 2 is 0.892 bits per heavy atom. The molecule has 3 heterocycles. The maximum Gasteiger partial charge on any atom is 0.417 e. The molecule has 0 aliphatic heterocycles. The summed E-state index contributed by atoms with van der Waals surface area (Å²) >= 11 is 3.16. The number of rotatable bonds is 33. The van der Waals surface area contributed by atoms with Crippen LogP contribution in [0.2, 0.25) is 0 Å². The second-order valence-corrected chi connectivity index (χ2v) is 36.5. The first-order valence-corrected chi connectivity index (χ1v) is 44.1. The first kappa shape index (κ1) is 101. The Balaban J connectivity index is 0.000000259. The maximum absolute atomic E-state index is 15.0. The molecule has 11 aromatic rings. The van der Waals surface area contributed by atoms with Gasteiger partial charge in [0.2, 0.25) is 5.91 Å². The van der Waals surface area contributed by atoms with Crippen LogP contribution in [0.4, 0.5) is 35.9 Å². The molecule has 130 heavy (non-hydrogen) atoms. The van der Waals surface area contributed by atoms with Crippen molar-refractivity contribution in [3.8, 4) is 35.3 Å². The number of aromatic nitrogens is 5. The smallest absolute Gasteiger partial charge is 0.417 e. The number of alkyl halides is 6. The van der Waals surface area contributed by atoms with Crippen LogP contribution in [0.25, 0.3) is 30.9 Å². The van der Waals surface area contributed by atoms with E-state index in [2.05, 4.69) is 36.2 Å². The normalized spacial score (nSPS) is 12.6. The number of halogens is 6. The number of thiazole rings is 2. The fourth-order valence-corrected chi connectivity index (χ4v) is 15.7. The van der Waals surface area contributed by atoms with Crippen molar-refractivity contribution >= 4 is 99.3 Å². The number of amides is 4. The number of fused-ring (bicyclic) bond motifs is 2. The second kappa shape index (κ2) is 44.8. The van der Waals surface area contributed by atoms with E-state index in [9.17, 15) is 72.7 Å². The highest BCUT2D eigenvalue weighted by atomic mass is 32.2. The van der Waals surface area contributed by atoms with Crippen molar-refractivity contribution in [3.05, 3.63) is 259 Å². The van der Waals surface area contributed by atoms with E-state index in [-0.39, 0.29) is 66.8 Å². The van der Waals surface area contributed by atoms with Crippen LogP contribution in [0.5, 0.6) is 23.0 Å². The Bertz CT molecular complexity index is 6080. The van der Waals surface area contributed by atoms with E-state index in [4.69, 9.17) is 52.7 Å². The van der Waals surface area contributed by atoms with Gasteiger partial charge in [-0.2, -0.15) is 43.2 Å². The summed E-state index contributed by atoms with van der Waals surface area (Å²) in [5.74, 6) is 0.215. The minimum atomic E-state index is -4.63. The first-order valence-electron chi connectivity index (χ1n) is 39.7. The number of terminal acetylenes is 1. The van der Waals surface area contributed by atoms with Crippen molar-refractivity contribution < 1.29 is 118 Å². The number of aryl methyl sites for hydroxylation is 4. The number of carbonyl (C=O) groups is 6. The number of imide groups is 2. The average Bonchev–Trinajstić information content (AvgIpc) is 0.953. The molecule has 0 saturated heterocycles. The Kier molecular flexibility index (Phi) is 34.7. The number of methoxy groups -OCH3 is 2. The lowest BCUT2D eigenvalue weighted by atomic mass is 10.0. The van der Waals surface area contributed by atoms with Crippen LogP contribution in [-0.2, 0) is 111 Å². The fraction of sp³-hybridized carbons (Fsp3) is 0.333. The molecule has 0 N–H and O–H groups in total. The van der Waals surface area contributed by atoms with Gasteiger partial charge >= 0.3 is 36.5 Å². The Morgan fingerprint density at radius 1 is 0.508 bits per heavy atom. The summed E-state index contributed by atoms with van der Waals surface area (Å²) in [6.45, 7) is 16.2. The number of azide groups is 1. The number of carbonyl (C=O) groups excluding carboxylic acids is 6. The molecule has 1 unspecified atom stereocenters. The Morgan fingerprint density at radius 3 is 1.28 bits per heavy atom. The van der Waals surface area contributed by atoms with Crippen molar-refractivity contribution in [2.75, 3.05) is 47.3 Å². The van der Waals surface area contributed by atoms with Crippen molar-refractivity contribution in [2.45, 2.75) is 159 Å². The van der Waals surface area contributed by atoms with Crippen molar-refractivity contribution in [1.29, 1.82) is 0 Å². The van der Waals surface area contributed by atoms with Crippen LogP contribution < -0.4 is 18.9 Å². The van der Waals surface area contributed by atoms with Crippen LogP contribution in [0, 0.1) is 40.0 Å². The fourth-order valence-electron chi connectivity index (χ4n) is 12.2.